The molecule has 1 aromatic rings. The smallest absolute Gasteiger partial charge is 0.240 e. The Hall–Kier alpha value is -1.29. The lowest BCUT2D eigenvalue weighted by molar-refractivity contribution is 0.204. The summed E-state index contributed by atoms with van der Waals surface area (Å²) in [5.41, 5.74) is 0.850. The fourth-order valence-electron chi connectivity index (χ4n) is 3.31. The van der Waals surface area contributed by atoms with E-state index in [1.165, 1.54) is 13.5 Å². The number of rotatable bonds is 11. The lowest BCUT2D eigenvalue weighted by atomic mass is 10.2. The molecule has 2 unspecified atom stereocenters. The molecule has 0 spiro atoms. The maximum absolute atomic E-state index is 12.4. The fraction of sp³-hybridized carbons (Fsp3) is 0.650. The van der Waals surface area contributed by atoms with Gasteiger partial charge in [0.15, 0.2) is 5.96 Å². The highest BCUT2D eigenvalue weighted by Gasteiger charge is 2.25. The Labute approximate surface area is 179 Å². The molecule has 0 amide bonds. The van der Waals surface area contributed by atoms with Crippen molar-refractivity contribution in [2.24, 2.45) is 4.99 Å². The van der Waals surface area contributed by atoms with Gasteiger partial charge >= 0.3 is 0 Å². The third-order valence-electron chi connectivity index (χ3n) is 4.70. The summed E-state index contributed by atoms with van der Waals surface area (Å²) in [5, 5.41) is 7.56. The number of nitrogens with zero attached hydrogens (tertiary/aromatic N) is 1. The molecular formula is C20H34N4O3S2. The number of methoxy groups -OCH3 is 1. The summed E-state index contributed by atoms with van der Waals surface area (Å²) in [6.45, 7) is 6.02. The van der Waals surface area contributed by atoms with E-state index in [4.69, 9.17) is 4.74 Å². The molecule has 1 saturated carbocycles. The van der Waals surface area contributed by atoms with E-state index >= 15 is 0 Å². The van der Waals surface area contributed by atoms with Gasteiger partial charge in [-0.1, -0.05) is 19.1 Å². The lowest BCUT2D eigenvalue weighted by Crippen LogP contribution is -2.42. The predicted molar refractivity (Wildman–Crippen MR) is 121 cm³/mol. The van der Waals surface area contributed by atoms with Crippen molar-refractivity contribution >= 4 is 27.7 Å². The van der Waals surface area contributed by atoms with E-state index in [0.29, 0.717) is 19.2 Å². The Morgan fingerprint density at radius 3 is 2.86 bits per heavy atom. The highest BCUT2D eigenvalue weighted by molar-refractivity contribution is 7.99. The molecule has 1 fully saturated rings. The van der Waals surface area contributed by atoms with Crippen LogP contribution in [0.2, 0.25) is 0 Å². The number of guanidine groups is 1. The van der Waals surface area contributed by atoms with E-state index in [2.05, 4.69) is 27.3 Å². The number of thioether (sulfide) groups is 1. The Morgan fingerprint density at radius 1 is 1.31 bits per heavy atom. The standard InChI is InChI=1S/C20H34N4O3S2/c1-4-21-20(24-17-9-10-18(14-17)28-5-2)22-15-16-7-6-8-19(13-16)29(25,26)23-11-12-27-3/h6-8,13,17-18,23H,4-5,9-12,14-15H2,1-3H3,(H2,21,22,24). The second-order valence-electron chi connectivity index (χ2n) is 6.96. The number of ether oxygens (including phenoxy) is 1. The van der Waals surface area contributed by atoms with Crippen LogP contribution in [0.4, 0.5) is 0 Å². The first-order valence-electron chi connectivity index (χ1n) is 10.2. The molecule has 2 rings (SSSR count). The number of nitrogens with one attached hydrogen (secondary N) is 3. The zero-order valence-electron chi connectivity index (χ0n) is 17.6. The zero-order valence-corrected chi connectivity index (χ0v) is 19.2. The Kier molecular flexibility index (Phi) is 10.3. The van der Waals surface area contributed by atoms with Gasteiger partial charge in [0, 0.05) is 31.5 Å². The molecule has 0 radical (unpaired) electrons. The molecule has 0 aromatic heterocycles. The van der Waals surface area contributed by atoms with Crippen molar-refractivity contribution < 1.29 is 13.2 Å². The van der Waals surface area contributed by atoms with Gasteiger partial charge in [0.1, 0.15) is 0 Å². The maximum atomic E-state index is 12.4. The number of aliphatic imine (C=N–C) groups is 1. The van der Waals surface area contributed by atoms with Gasteiger partial charge < -0.3 is 15.4 Å². The third kappa shape index (κ3) is 8.16. The van der Waals surface area contributed by atoms with Crippen molar-refractivity contribution in [3.05, 3.63) is 29.8 Å². The van der Waals surface area contributed by atoms with Crippen LogP contribution >= 0.6 is 11.8 Å². The van der Waals surface area contributed by atoms with Gasteiger partial charge in [-0.2, -0.15) is 11.8 Å². The Balaban J connectivity index is 2.00. The molecule has 1 aliphatic rings. The van der Waals surface area contributed by atoms with Crippen LogP contribution in [0.25, 0.3) is 0 Å². The minimum absolute atomic E-state index is 0.244. The topological polar surface area (TPSA) is 91.8 Å². The van der Waals surface area contributed by atoms with Crippen LogP contribution < -0.4 is 15.4 Å². The lowest BCUT2D eigenvalue weighted by Gasteiger charge is -2.17. The van der Waals surface area contributed by atoms with Crippen LogP contribution in [0.5, 0.6) is 0 Å². The SMILES string of the molecule is CCNC(=NCc1cccc(S(=O)(=O)NCCOC)c1)NC1CCC(SCC)C1. The van der Waals surface area contributed by atoms with Crippen LogP contribution in [0.1, 0.15) is 38.7 Å². The molecule has 1 aromatic carbocycles. The monoisotopic (exact) mass is 442 g/mol. The zero-order chi connectivity index (χ0) is 21.1. The van der Waals surface area contributed by atoms with Crippen molar-refractivity contribution in [1.29, 1.82) is 0 Å². The molecule has 9 heteroatoms. The van der Waals surface area contributed by atoms with Crippen LogP contribution in [-0.2, 0) is 21.3 Å². The first kappa shape index (κ1) is 24.0. The summed E-state index contributed by atoms with van der Waals surface area (Å²) in [5.74, 6) is 1.94. The third-order valence-corrected chi connectivity index (χ3v) is 7.39. The second-order valence-corrected chi connectivity index (χ2v) is 10.3. The fourth-order valence-corrected chi connectivity index (χ4v) is 5.54. The number of benzene rings is 1. The Bertz CT molecular complexity index is 756. The maximum Gasteiger partial charge on any atom is 0.240 e. The molecule has 1 aliphatic carbocycles. The van der Waals surface area contributed by atoms with E-state index < -0.39 is 10.0 Å². The van der Waals surface area contributed by atoms with Crippen molar-refractivity contribution in [2.75, 3.05) is 32.6 Å². The molecule has 164 valence electrons. The van der Waals surface area contributed by atoms with Crippen LogP contribution in [0.3, 0.4) is 0 Å². The summed E-state index contributed by atoms with van der Waals surface area (Å²) in [6, 6.07) is 7.35. The summed E-state index contributed by atoms with van der Waals surface area (Å²) >= 11 is 2.03. The van der Waals surface area contributed by atoms with Crippen molar-refractivity contribution in [3.8, 4) is 0 Å². The van der Waals surface area contributed by atoms with E-state index in [-0.39, 0.29) is 11.4 Å². The van der Waals surface area contributed by atoms with Crippen LogP contribution in [0, 0.1) is 0 Å². The minimum Gasteiger partial charge on any atom is -0.383 e. The quantitative estimate of drug-likeness (QED) is 0.277. The van der Waals surface area contributed by atoms with E-state index in [1.54, 1.807) is 18.2 Å². The molecule has 0 bridgehead atoms. The van der Waals surface area contributed by atoms with Gasteiger partial charge in [-0.15, -0.1) is 0 Å². The van der Waals surface area contributed by atoms with Crippen molar-refractivity contribution in [2.45, 2.75) is 55.8 Å². The predicted octanol–water partition coefficient (Wildman–Crippen LogP) is 2.34. The molecule has 29 heavy (non-hydrogen) atoms. The normalized spacial score (nSPS) is 20.0. The number of sulfonamides is 1. The summed E-state index contributed by atoms with van der Waals surface area (Å²) in [7, 11) is -2.01. The van der Waals surface area contributed by atoms with Gasteiger partial charge in [-0.05, 0) is 49.6 Å². The molecule has 0 saturated heterocycles. The molecular weight excluding hydrogens is 408 g/mol. The first-order valence-corrected chi connectivity index (χ1v) is 12.8. The Morgan fingerprint density at radius 2 is 2.14 bits per heavy atom. The highest BCUT2D eigenvalue weighted by Crippen LogP contribution is 2.29. The van der Waals surface area contributed by atoms with E-state index in [1.807, 2.05) is 24.8 Å². The molecule has 0 heterocycles. The summed E-state index contributed by atoms with van der Waals surface area (Å²) < 4.78 is 32.2. The molecule has 7 nitrogen and oxygen atoms in total. The average molecular weight is 443 g/mol. The van der Waals surface area contributed by atoms with Gasteiger partial charge in [0.2, 0.25) is 10.0 Å². The number of hydrogen-bond acceptors (Lipinski definition) is 5. The van der Waals surface area contributed by atoms with Gasteiger partial charge in [-0.3, -0.25) is 0 Å². The average Bonchev–Trinajstić information content (AvgIpc) is 3.14. The largest absolute Gasteiger partial charge is 0.383 e. The molecule has 2 atom stereocenters. The second kappa shape index (κ2) is 12.4. The van der Waals surface area contributed by atoms with E-state index in [0.717, 1.165) is 41.9 Å². The minimum atomic E-state index is -3.55. The van der Waals surface area contributed by atoms with Crippen LogP contribution in [-0.4, -0.2) is 58.2 Å². The molecule has 0 aliphatic heterocycles. The van der Waals surface area contributed by atoms with Crippen molar-refractivity contribution in [1.82, 2.24) is 15.4 Å². The van der Waals surface area contributed by atoms with Gasteiger partial charge in [0.05, 0.1) is 18.0 Å². The number of hydrogen-bond donors (Lipinski definition) is 3. The summed E-state index contributed by atoms with van der Waals surface area (Å²) in [4.78, 5) is 4.91. The van der Waals surface area contributed by atoms with Crippen molar-refractivity contribution in [3.63, 3.8) is 0 Å². The summed E-state index contributed by atoms with van der Waals surface area (Å²) in [6.07, 6.45) is 3.55. The van der Waals surface area contributed by atoms with E-state index in [9.17, 15) is 8.42 Å². The highest BCUT2D eigenvalue weighted by atomic mass is 32.2. The van der Waals surface area contributed by atoms with Gasteiger partial charge in [-0.25, -0.2) is 18.1 Å². The first-order chi connectivity index (χ1) is 14.0. The molecule has 3 N–H and O–H groups in total. The van der Waals surface area contributed by atoms with Crippen LogP contribution in [0.15, 0.2) is 34.2 Å². The van der Waals surface area contributed by atoms with Gasteiger partial charge in [0.25, 0.3) is 0 Å².